The van der Waals surface area contributed by atoms with Crippen molar-refractivity contribution < 1.29 is 4.79 Å². The van der Waals surface area contributed by atoms with E-state index in [1.54, 1.807) is 0 Å². The summed E-state index contributed by atoms with van der Waals surface area (Å²) in [6, 6.07) is 8.90. The molecule has 20 heavy (non-hydrogen) atoms. The molecule has 2 atom stereocenters. The molecule has 0 bridgehead atoms. The lowest BCUT2D eigenvalue weighted by Crippen LogP contribution is -2.48. The summed E-state index contributed by atoms with van der Waals surface area (Å²) >= 11 is 5.10. The lowest BCUT2D eigenvalue weighted by molar-refractivity contribution is -0.122. The average molecular weight is 289 g/mol. The predicted octanol–water partition coefficient (Wildman–Crippen LogP) is 1.76. The van der Waals surface area contributed by atoms with Gasteiger partial charge in [0.25, 0.3) is 0 Å². The molecule has 5 heteroatoms. The zero-order valence-electron chi connectivity index (χ0n) is 11.5. The second-order valence-electron chi connectivity index (χ2n) is 5.72. The van der Waals surface area contributed by atoms with Crippen molar-refractivity contribution in [2.24, 2.45) is 5.92 Å². The van der Waals surface area contributed by atoms with Crippen LogP contribution in [0.2, 0.25) is 0 Å². The Labute approximate surface area is 124 Å². The van der Waals surface area contributed by atoms with Gasteiger partial charge in [-0.2, -0.15) is 0 Å². The number of nitrogens with one attached hydrogen (secondary N) is 3. The van der Waals surface area contributed by atoms with E-state index in [1.165, 1.54) is 11.1 Å². The molecule has 106 valence electrons. The third kappa shape index (κ3) is 3.28. The number of thiocarbonyl (C=S) groups is 1. The normalized spacial score (nSPS) is 23.9. The second kappa shape index (κ2) is 5.40. The highest BCUT2D eigenvalue weighted by molar-refractivity contribution is 7.80. The molecule has 2 aliphatic carbocycles. The summed E-state index contributed by atoms with van der Waals surface area (Å²) < 4.78 is 0. The van der Waals surface area contributed by atoms with Crippen LogP contribution in [0, 0.1) is 12.8 Å². The van der Waals surface area contributed by atoms with Gasteiger partial charge in [-0.25, -0.2) is 0 Å². The molecule has 0 aliphatic heterocycles. The van der Waals surface area contributed by atoms with Crippen LogP contribution in [0.15, 0.2) is 24.3 Å². The third-order valence-corrected chi connectivity index (χ3v) is 4.06. The molecule has 1 aromatic carbocycles. The maximum absolute atomic E-state index is 12.0. The molecule has 2 saturated carbocycles. The fourth-order valence-electron chi connectivity index (χ4n) is 2.33. The van der Waals surface area contributed by atoms with Gasteiger partial charge in [0.1, 0.15) is 0 Å². The van der Waals surface area contributed by atoms with Crippen LogP contribution in [0.1, 0.15) is 36.3 Å². The molecule has 0 heterocycles. The number of amides is 1. The Balaban J connectivity index is 1.44. The molecule has 2 fully saturated rings. The van der Waals surface area contributed by atoms with Crippen molar-refractivity contribution in [3.63, 3.8) is 0 Å². The predicted molar refractivity (Wildman–Crippen MR) is 82.1 cm³/mol. The lowest BCUT2D eigenvalue weighted by Gasteiger charge is -2.10. The van der Waals surface area contributed by atoms with Gasteiger partial charge in [0.15, 0.2) is 5.11 Å². The smallest absolute Gasteiger partial charge is 0.242 e. The summed E-state index contributed by atoms with van der Waals surface area (Å²) in [5.74, 6) is 0.437. The Kier molecular flexibility index (Phi) is 3.61. The van der Waals surface area contributed by atoms with E-state index in [0.29, 0.717) is 17.1 Å². The van der Waals surface area contributed by atoms with Crippen LogP contribution in [-0.2, 0) is 4.79 Å². The van der Waals surface area contributed by atoms with Gasteiger partial charge in [-0.05, 0) is 49.9 Å². The quantitative estimate of drug-likeness (QED) is 0.586. The first-order valence-electron chi connectivity index (χ1n) is 7.06. The van der Waals surface area contributed by atoms with Crippen molar-refractivity contribution in [2.45, 2.75) is 38.1 Å². The highest BCUT2D eigenvalue weighted by atomic mass is 32.1. The zero-order valence-corrected chi connectivity index (χ0v) is 12.3. The van der Waals surface area contributed by atoms with E-state index < -0.39 is 0 Å². The van der Waals surface area contributed by atoms with Gasteiger partial charge in [0.2, 0.25) is 5.91 Å². The first-order valence-corrected chi connectivity index (χ1v) is 7.47. The molecule has 4 nitrogen and oxygen atoms in total. The summed E-state index contributed by atoms with van der Waals surface area (Å²) in [6.07, 6.45) is 3.24. The average Bonchev–Trinajstić information content (AvgIpc) is 3.30. The molecule has 2 unspecified atom stereocenters. The van der Waals surface area contributed by atoms with E-state index in [1.807, 2.05) is 0 Å². The SMILES string of the molecule is Cc1ccc(C2CC2C(=O)NNC(=S)NC2CC2)cc1. The molecular weight excluding hydrogens is 270 g/mol. The minimum Gasteiger partial charge on any atom is -0.359 e. The molecule has 0 spiro atoms. The second-order valence-corrected chi connectivity index (χ2v) is 6.13. The van der Waals surface area contributed by atoms with Crippen molar-refractivity contribution in [3.05, 3.63) is 35.4 Å². The highest BCUT2D eigenvalue weighted by Crippen LogP contribution is 2.47. The molecule has 1 aromatic rings. The van der Waals surface area contributed by atoms with Crippen molar-refractivity contribution >= 4 is 23.2 Å². The molecule has 3 rings (SSSR count). The Morgan fingerprint density at radius 3 is 2.55 bits per heavy atom. The van der Waals surface area contributed by atoms with Gasteiger partial charge in [-0.1, -0.05) is 29.8 Å². The summed E-state index contributed by atoms with van der Waals surface area (Å²) in [5.41, 5.74) is 7.96. The number of hydrogen-bond donors (Lipinski definition) is 3. The number of hydrazine groups is 1. The fraction of sp³-hybridized carbons (Fsp3) is 0.467. The Morgan fingerprint density at radius 2 is 1.90 bits per heavy atom. The van der Waals surface area contributed by atoms with E-state index in [9.17, 15) is 4.79 Å². The topological polar surface area (TPSA) is 53.2 Å². The maximum atomic E-state index is 12.0. The van der Waals surface area contributed by atoms with Crippen molar-refractivity contribution in [3.8, 4) is 0 Å². The Bertz CT molecular complexity index is 524. The van der Waals surface area contributed by atoms with Gasteiger partial charge in [0, 0.05) is 12.0 Å². The summed E-state index contributed by atoms with van der Waals surface area (Å²) in [7, 11) is 0. The monoisotopic (exact) mass is 289 g/mol. The van der Waals surface area contributed by atoms with E-state index in [0.717, 1.165) is 19.3 Å². The van der Waals surface area contributed by atoms with Gasteiger partial charge >= 0.3 is 0 Å². The minimum absolute atomic E-state index is 0.0236. The largest absolute Gasteiger partial charge is 0.359 e. The van der Waals surface area contributed by atoms with Crippen LogP contribution < -0.4 is 16.2 Å². The summed E-state index contributed by atoms with van der Waals surface area (Å²) in [6.45, 7) is 2.07. The number of hydrogen-bond acceptors (Lipinski definition) is 2. The zero-order chi connectivity index (χ0) is 14.1. The van der Waals surface area contributed by atoms with E-state index >= 15 is 0 Å². The van der Waals surface area contributed by atoms with Crippen molar-refractivity contribution in [1.82, 2.24) is 16.2 Å². The number of benzene rings is 1. The Morgan fingerprint density at radius 1 is 1.20 bits per heavy atom. The van der Waals surface area contributed by atoms with Crippen LogP contribution in [0.3, 0.4) is 0 Å². The molecule has 3 N–H and O–H groups in total. The molecule has 0 aromatic heterocycles. The van der Waals surface area contributed by atoms with Gasteiger partial charge in [-0.3, -0.25) is 15.6 Å². The van der Waals surface area contributed by atoms with Crippen LogP contribution in [0.5, 0.6) is 0 Å². The van der Waals surface area contributed by atoms with Crippen LogP contribution in [-0.4, -0.2) is 17.1 Å². The molecule has 0 saturated heterocycles. The van der Waals surface area contributed by atoms with Crippen molar-refractivity contribution in [1.29, 1.82) is 0 Å². The fourth-order valence-corrected chi connectivity index (χ4v) is 2.54. The number of aryl methyl sites for hydroxylation is 1. The Hall–Kier alpha value is -1.62. The number of carbonyl (C=O) groups is 1. The van der Waals surface area contributed by atoms with Crippen LogP contribution in [0.4, 0.5) is 0 Å². The lowest BCUT2D eigenvalue weighted by atomic mass is 10.1. The van der Waals surface area contributed by atoms with Gasteiger partial charge < -0.3 is 5.32 Å². The number of rotatable bonds is 3. The molecule has 2 aliphatic rings. The third-order valence-electron chi connectivity index (χ3n) is 3.84. The van der Waals surface area contributed by atoms with E-state index in [2.05, 4.69) is 47.4 Å². The highest BCUT2D eigenvalue weighted by Gasteiger charge is 2.43. The summed E-state index contributed by atoms with van der Waals surface area (Å²) in [4.78, 5) is 12.0. The standard InChI is InChI=1S/C15H19N3OS/c1-9-2-4-10(5-3-9)12-8-13(12)14(19)17-18-15(20)16-11-6-7-11/h2-5,11-13H,6-8H2,1H3,(H,17,19)(H2,16,18,20). The number of carbonyl (C=O) groups excluding carboxylic acids is 1. The molecule has 0 radical (unpaired) electrons. The van der Waals surface area contributed by atoms with Crippen molar-refractivity contribution in [2.75, 3.05) is 0 Å². The van der Waals surface area contributed by atoms with Crippen LogP contribution >= 0.6 is 12.2 Å². The van der Waals surface area contributed by atoms with E-state index in [-0.39, 0.29) is 11.8 Å². The van der Waals surface area contributed by atoms with Crippen LogP contribution in [0.25, 0.3) is 0 Å². The van der Waals surface area contributed by atoms with Gasteiger partial charge in [-0.15, -0.1) is 0 Å². The first-order chi connectivity index (χ1) is 9.63. The molecule has 1 amide bonds. The van der Waals surface area contributed by atoms with E-state index in [4.69, 9.17) is 12.2 Å². The maximum Gasteiger partial charge on any atom is 0.242 e. The first kappa shape index (κ1) is 13.4. The van der Waals surface area contributed by atoms with Gasteiger partial charge in [0.05, 0.1) is 0 Å². The summed E-state index contributed by atoms with van der Waals surface area (Å²) in [5, 5.41) is 3.63. The minimum atomic E-state index is 0.0236. The molecular formula is C15H19N3OS.